The van der Waals surface area contributed by atoms with E-state index in [2.05, 4.69) is 32.6 Å². The molecule has 1 heterocycles. The topological polar surface area (TPSA) is 82.8 Å². The first-order chi connectivity index (χ1) is 14.9. The fraction of sp³-hybridized carbons (Fsp3) is 0.217. The molecule has 0 atom stereocenters. The molecule has 8 heteroatoms. The number of methoxy groups -OCH3 is 1. The molecule has 0 amide bonds. The van der Waals surface area contributed by atoms with Gasteiger partial charge in [-0.05, 0) is 42.3 Å². The average molecular weight is 484 g/mol. The van der Waals surface area contributed by atoms with Gasteiger partial charge < -0.3 is 9.47 Å². The van der Waals surface area contributed by atoms with E-state index in [-0.39, 0.29) is 5.56 Å². The number of aryl methyl sites for hydroxylation is 1. The summed E-state index contributed by atoms with van der Waals surface area (Å²) in [6.45, 7) is 7.00. The van der Waals surface area contributed by atoms with Crippen molar-refractivity contribution in [3.05, 3.63) is 74.8 Å². The average Bonchev–Trinajstić information content (AvgIpc) is 2.74. The Kier molecular flexibility index (Phi) is 7.02. The molecule has 0 aliphatic heterocycles. The zero-order valence-electron chi connectivity index (χ0n) is 17.5. The molecule has 7 nitrogen and oxygen atoms in total. The summed E-state index contributed by atoms with van der Waals surface area (Å²) in [5.41, 5.74) is 1.76. The molecule has 0 saturated heterocycles. The molecule has 0 radical (unpaired) electrons. The molecule has 3 rings (SSSR count). The fourth-order valence-corrected chi connectivity index (χ4v) is 3.50. The number of aromatic nitrogens is 2. The Bertz CT molecular complexity index is 1250. The Morgan fingerprint density at radius 3 is 2.74 bits per heavy atom. The van der Waals surface area contributed by atoms with Crippen molar-refractivity contribution in [3.8, 4) is 11.5 Å². The first-order valence-corrected chi connectivity index (χ1v) is 10.4. The molecule has 0 spiro atoms. The first-order valence-electron chi connectivity index (χ1n) is 9.63. The van der Waals surface area contributed by atoms with Crippen LogP contribution in [0.1, 0.15) is 30.8 Å². The SMILES string of the molecule is C=CCc1cc(C=Nn2c(CC)nc3ccc(Br)cc3c2=O)cc(OC)c1OC(C)=O. The molecule has 1 aromatic heterocycles. The number of halogens is 1. The highest BCUT2D eigenvalue weighted by Gasteiger charge is 2.15. The maximum absolute atomic E-state index is 13.0. The summed E-state index contributed by atoms with van der Waals surface area (Å²) in [5.74, 6) is 0.832. The highest BCUT2D eigenvalue weighted by molar-refractivity contribution is 9.10. The van der Waals surface area contributed by atoms with Gasteiger partial charge in [0.25, 0.3) is 5.56 Å². The van der Waals surface area contributed by atoms with Gasteiger partial charge in [0.05, 0.1) is 24.2 Å². The van der Waals surface area contributed by atoms with Gasteiger partial charge in [0, 0.05) is 23.4 Å². The van der Waals surface area contributed by atoms with E-state index < -0.39 is 5.97 Å². The summed E-state index contributed by atoms with van der Waals surface area (Å²) in [6, 6.07) is 8.88. The zero-order valence-corrected chi connectivity index (χ0v) is 19.1. The van der Waals surface area contributed by atoms with E-state index in [0.29, 0.717) is 46.6 Å². The second-order valence-corrected chi connectivity index (χ2v) is 7.62. The summed E-state index contributed by atoms with van der Waals surface area (Å²) >= 11 is 3.39. The molecule has 2 aromatic carbocycles. The van der Waals surface area contributed by atoms with Crippen LogP contribution < -0.4 is 15.0 Å². The van der Waals surface area contributed by atoms with E-state index in [1.807, 2.05) is 19.1 Å². The second-order valence-electron chi connectivity index (χ2n) is 6.70. The van der Waals surface area contributed by atoms with Crippen LogP contribution in [-0.4, -0.2) is 29.0 Å². The lowest BCUT2D eigenvalue weighted by Gasteiger charge is -2.13. The van der Waals surface area contributed by atoms with Crippen LogP contribution in [0.5, 0.6) is 11.5 Å². The van der Waals surface area contributed by atoms with E-state index in [9.17, 15) is 9.59 Å². The zero-order chi connectivity index (χ0) is 22.5. The summed E-state index contributed by atoms with van der Waals surface area (Å²) in [7, 11) is 1.49. The van der Waals surface area contributed by atoms with Gasteiger partial charge in [-0.2, -0.15) is 9.78 Å². The quantitative estimate of drug-likeness (QED) is 0.217. The predicted octanol–water partition coefficient (Wildman–Crippen LogP) is 4.27. The minimum atomic E-state index is -0.447. The number of hydrogen-bond donors (Lipinski definition) is 0. The third-order valence-electron chi connectivity index (χ3n) is 4.50. The van der Waals surface area contributed by atoms with Gasteiger partial charge in [0.2, 0.25) is 0 Å². The molecule has 0 bridgehead atoms. The monoisotopic (exact) mass is 483 g/mol. The molecule has 0 saturated carbocycles. The van der Waals surface area contributed by atoms with Gasteiger partial charge in [-0.1, -0.05) is 28.9 Å². The lowest BCUT2D eigenvalue weighted by Crippen LogP contribution is -2.22. The Labute approximate surface area is 188 Å². The first kappa shape index (κ1) is 22.4. The number of esters is 1. The standard InChI is InChI=1S/C23H22BrN3O4/c1-5-7-16-10-15(11-20(30-4)22(16)31-14(3)28)13-25-27-21(6-2)26-19-9-8-17(24)12-18(19)23(27)29/h5,8-13H,1,6-7H2,2-4H3. The molecule has 160 valence electrons. The van der Waals surface area contributed by atoms with Gasteiger partial charge >= 0.3 is 5.97 Å². The third-order valence-corrected chi connectivity index (χ3v) is 4.99. The van der Waals surface area contributed by atoms with Crippen molar-refractivity contribution in [1.82, 2.24) is 9.66 Å². The van der Waals surface area contributed by atoms with Crippen LogP contribution in [0.3, 0.4) is 0 Å². The van der Waals surface area contributed by atoms with Crippen molar-refractivity contribution < 1.29 is 14.3 Å². The lowest BCUT2D eigenvalue weighted by molar-refractivity contribution is -0.132. The number of hydrogen-bond acceptors (Lipinski definition) is 6. The van der Waals surface area contributed by atoms with Crippen molar-refractivity contribution in [1.29, 1.82) is 0 Å². The number of fused-ring (bicyclic) bond motifs is 1. The van der Waals surface area contributed by atoms with Crippen LogP contribution in [0.2, 0.25) is 0 Å². The van der Waals surface area contributed by atoms with Crippen LogP contribution in [-0.2, 0) is 17.6 Å². The fourth-order valence-electron chi connectivity index (χ4n) is 3.14. The summed E-state index contributed by atoms with van der Waals surface area (Å²) in [4.78, 5) is 29.1. The van der Waals surface area contributed by atoms with Crippen LogP contribution in [0, 0.1) is 0 Å². The number of nitrogens with zero attached hydrogens (tertiary/aromatic N) is 3. The number of carbonyl (C=O) groups excluding carboxylic acids is 1. The predicted molar refractivity (Wildman–Crippen MR) is 124 cm³/mol. The Balaban J connectivity index is 2.12. The van der Waals surface area contributed by atoms with Crippen molar-refractivity contribution >= 4 is 39.0 Å². The van der Waals surface area contributed by atoms with Crippen LogP contribution in [0.15, 0.2) is 57.4 Å². The number of allylic oxidation sites excluding steroid dienone is 1. The Hall–Kier alpha value is -3.26. The second kappa shape index (κ2) is 9.70. The van der Waals surface area contributed by atoms with Crippen LogP contribution >= 0.6 is 15.9 Å². The van der Waals surface area contributed by atoms with Gasteiger partial charge in [0.1, 0.15) is 5.82 Å². The van der Waals surface area contributed by atoms with Crippen molar-refractivity contribution in [3.63, 3.8) is 0 Å². The van der Waals surface area contributed by atoms with E-state index >= 15 is 0 Å². The highest BCUT2D eigenvalue weighted by atomic mass is 79.9. The maximum Gasteiger partial charge on any atom is 0.308 e. The van der Waals surface area contributed by atoms with Crippen LogP contribution in [0.25, 0.3) is 10.9 Å². The Morgan fingerprint density at radius 2 is 2.10 bits per heavy atom. The van der Waals surface area contributed by atoms with E-state index in [4.69, 9.17) is 9.47 Å². The molecule has 31 heavy (non-hydrogen) atoms. The molecule has 3 aromatic rings. The molecule has 0 fully saturated rings. The highest BCUT2D eigenvalue weighted by Crippen LogP contribution is 2.33. The molecular weight excluding hydrogens is 462 g/mol. The van der Waals surface area contributed by atoms with Crippen LogP contribution in [0.4, 0.5) is 0 Å². The van der Waals surface area contributed by atoms with Crippen molar-refractivity contribution in [2.24, 2.45) is 5.10 Å². The van der Waals surface area contributed by atoms with E-state index in [1.165, 1.54) is 18.7 Å². The number of rotatable bonds is 7. The Morgan fingerprint density at radius 1 is 1.32 bits per heavy atom. The number of carbonyl (C=O) groups is 1. The summed E-state index contributed by atoms with van der Waals surface area (Å²) < 4.78 is 12.8. The molecule has 0 aliphatic rings. The largest absolute Gasteiger partial charge is 0.493 e. The van der Waals surface area contributed by atoms with Gasteiger partial charge in [-0.3, -0.25) is 9.59 Å². The van der Waals surface area contributed by atoms with Gasteiger partial charge in [-0.25, -0.2) is 4.98 Å². The summed E-state index contributed by atoms with van der Waals surface area (Å²) in [6.07, 6.45) is 4.26. The van der Waals surface area contributed by atoms with E-state index in [0.717, 1.165) is 10.0 Å². The molecular formula is C23H22BrN3O4. The smallest absolute Gasteiger partial charge is 0.308 e. The molecule has 0 aliphatic carbocycles. The van der Waals surface area contributed by atoms with Gasteiger partial charge in [0.15, 0.2) is 11.5 Å². The maximum atomic E-state index is 13.0. The molecule has 0 unspecified atom stereocenters. The van der Waals surface area contributed by atoms with Gasteiger partial charge in [-0.15, -0.1) is 6.58 Å². The van der Waals surface area contributed by atoms with Crippen molar-refractivity contribution in [2.75, 3.05) is 7.11 Å². The minimum absolute atomic E-state index is 0.255. The normalized spacial score (nSPS) is 11.1. The van der Waals surface area contributed by atoms with Crippen molar-refractivity contribution in [2.45, 2.75) is 26.7 Å². The third kappa shape index (κ3) is 4.91. The summed E-state index contributed by atoms with van der Waals surface area (Å²) in [5, 5.41) is 4.88. The lowest BCUT2D eigenvalue weighted by atomic mass is 10.1. The number of ether oxygens (including phenoxy) is 2. The minimum Gasteiger partial charge on any atom is -0.493 e. The van der Waals surface area contributed by atoms with E-state index in [1.54, 1.807) is 30.5 Å². The number of benzene rings is 2. The molecule has 0 N–H and O–H groups in total.